The number of hydrogen-bond acceptors (Lipinski definition) is 4. The first kappa shape index (κ1) is 16.0. The van der Waals surface area contributed by atoms with Crippen molar-refractivity contribution in [3.8, 4) is 0 Å². The molecule has 0 heterocycles. The first-order chi connectivity index (χ1) is 10.1. The fourth-order valence-electron chi connectivity index (χ4n) is 3.21. The number of aryl methyl sites for hydroxylation is 1. The lowest BCUT2D eigenvalue weighted by atomic mass is 9.73. The summed E-state index contributed by atoms with van der Waals surface area (Å²) in [6, 6.07) is 10.1. The van der Waals surface area contributed by atoms with Gasteiger partial charge in [0.15, 0.2) is 0 Å². The van der Waals surface area contributed by atoms with Crippen LogP contribution in [0.25, 0.3) is 0 Å². The molecule has 116 valence electrons. The Morgan fingerprint density at radius 1 is 1.24 bits per heavy atom. The van der Waals surface area contributed by atoms with Crippen LogP contribution >= 0.6 is 0 Å². The maximum absolute atomic E-state index is 12.1. The molecule has 4 unspecified atom stereocenters. The zero-order valence-corrected chi connectivity index (χ0v) is 12.4. The number of rotatable bonds is 5. The van der Waals surface area contributed by atoms with Crippen LogP contribution in [0.1, 0.15) is 31.7 Å². The number of carbonyl (C=O) groups excluding carboxylic acids is 1. The largest absolute Gasteiger partial charge is 0.466 e. The molecule has 4 atom stereocenters. The summed E-state index contributed by atoms with van der Waals surface area (Å²) < 4.78 is 5.09. The van der Waals surface area contributed by atoms with Crippen molar-refractivity contribution in [3.05, 3.63) is 35.9 Å². The molecule has 1 aliphatic rings. The molecular formula is C17H24O4. The molecule has 1 fully saturated rings. The Labute approximate surface area is 125 Å². The fourth-order valence-corrected chi connectivity index (χ4v) is 3.21. The summed E-state index contributed by atoms with van der Waals surface area (Å²) in [6.45, 7) is 2.08. The highest BCUT2D eigenvalue weighted by Crippen LogP contribution is 2.34. The molecule has 4 nitrogen and oxygen atoms in total. The molecule has 0 saturated heterocycles. The van der Waals surface area contributed by atoms with Crippen LogP contribution in [0.15, 0.2) is 30.3 Å². The van der Waals surface area contributed by atoms with Crippen molar-refractivity contribution in [1.29, 1.82) is 0 Å². The Balaban J connectivity index is 2.03. The van der Waals surface area contributed by atoms with E-state index in [4.69, 9.17) is 4.74 Å². The summed E-state index contributed by atoms with van der Waals surface area (Å²) in [7, 11) is 0. The van der Waals surface area contributed by atoms with Gasteiger partial charge >= 0.3 is 5.97 Å². The van der Waals surface area contributed by atoms with Crippen molar-refractivity contribution in [2.45, 2.75) is 44.8 Å². The lowest BCUT2D eigenvalue weighted by Gasteiger charge is -2.36. The predicted molar refractivity (Wildman–Crippen MR) is 79.6 cm³/mol. The van der Waals surface area contributed by atoms with Crippen molar-refractivity contribution >= 4 is 5.97 Å². The van der Waals surface area contributed by atoms with Gasteiger partial charge in [-0.3, -0.25) is 4.79 Å². The third kappa shape index (κ3) is 4.29. The van der Waals surface area contributed by atoms with E-state index in [0.29, 0.717) is 13.0 Å². The molecule has 0 bridgehead atoms. The molecule has 4 heteroatoms. The van der Waals surface area contributed by atoms with Gasteiger partial charge in [-0.1, -0.05) is 30.3 Å². The maximum atomic E-state index is 12.1. The third-order valence-electron chi connectivity index (χ3n) is 4.22. The minimum absolute atomic E-state index is 0.0389. The SMILES string of the molecule is CCOC(=O)C1C(O)CC(O)CC1CCc1ccccc1. The van der Waals surface area contributed by atoms with E-state index in [2.05, 4.69) is 12.1 Å². The van der Waals surface area contributed by atoms with Crippen LogP contribution in [0, 0.1) is 11.8 Å². The van der Waals surface area contributed by atoms with Crippen molar-refractivity contribution in [2.75, 3.05) is 6.61 Å². The van der Waals surface area contributed by atoms with Gasteiger partial charge in [-0.2, -0.15) is 0 Å². The van der Waals surface area contributed by atoms with E-state index in [0.717, 1.165) is 12.8 Å². The molecule has 0 aliphatic heterocycles. The van der Waals surface area contributed by atoms with E-state index in [-0.39, 0.29) is 18.3 Å². The average Bonchev–Trinajstić information content (AvgIpc) is 2.45. The summed E-state index contributed by atoms with van der Waals surface area (Å²) in [6.07, 6.45) is 1.06. The Morgan fingerprint density at radius 3 is 2.62 bits per heavy atom. The molecule has 0 radical (unpaired) electrons. The number of esters is 1. The maximum Gasteiger partial charge on any atom is 0.311 e. The lowest BCUT2D eigenvalue weighted by Crippen LogP contribution is -2.44. The summed E-state index contributed by atoms with van der Waals surface area (Å²) in [5.74, 6) is -0.893. The first-order valence-electron chi connectivity index (χ1n) is 7.68. The third-order valence-corrected chi connectivity index (χ3v) is 4.22. The van der Waals surface area contributed by atoms with E-state index in [1.807, 2.05) is 18.2 Å². The van der Waals surface area contributed by atoms with Gasteiger partial charge in [0.1, 0.15) is 0 Å². The van der Waals surface area contributed by atoms with Crippen molar-refractivity contribution in [3.63, 3.8) is 0 Å². The zero-order valence-electron chi connectivity index (χ0n) is 12.4. The summed E-state index contributed by atoms with van der Waals surface area (Å²) in [5.41, 5.74) is 1.20. The van der Waals surface area contributed by atoms with Crippen LogP contribution in [0.5, 0.6) is 0 Å². The second-order valence-electron chi connectivity index (χ2n) is 5.75. The Hall–Kier alpha value is -1.39. The van der Waals surface area contributed by atoms with E-state index in [9.17, 15) is 15.0 Å². The molecule has 1 aromatic carbocycles. The second kappa shape index (κ2) is 7.57. The second-order valence-corrected chi connectivity index (χ2v) is 5.75. The van der Waals surface area contributed by atoms with Crippen molar-refractivity contribution in [1.82, 2.24) is 0 Å². The predicted octanol–water partition coefficient (Wildman–Crippen LogP) is 1.93. The first-order valence-corrected chi connectivity index (χ1v) is 7.68. The van der Waals surface area contributed by atoms with E-state index >= 15 is 0 Å². The van der Waals surface area contributed by atoms with Gasteiger partial charge in [-0.25, -0.2) is 0 Å². The molecule has 2 rings (SSSR count). The summed E-state index contributed by atoms with van der Waals surface area (Å²) >= 11 is 0. The number of aliphatic hydroxyl groups excluding tert-OH is 2. The van der Waals surface area contributed by atoms with Gasteiger partial charge < -0.3 is 14.9 Å². The van der Waals surface area contributed by atoms with Gasteiger partial charge in [0.05, 0.1) is 24.7 Å². The number of aliphatic hydroxyl groups is 2. The average molecular weight is 292 g/mol. The number of hydrogen-bond donors (Lipinski definition) is 2. The molecule has 0 spiro atoms. The van der Waals surface area contributed by atoms with Crippen LogP contribution in [0.2, 0.25) is 0 Å². The van der Waals surface area contributed by atoms with E-state index in [1.165, 1.54) is 5.56 Å². The smallest absolute Gasteiger partial charge is 0.311 e. The highest BCUT2D eigenvalue weighted by molar-refractivity contribution is 5.73. The fraction of sp³-hybridized carbons (Fsp3) is 0.588. The summed E-state index contributed by atoms with van der Waals surface area (Å²) in [4.78, 5) is 12.1. The van der Waals surface area contributed by atoms with Crippen LogP contribution < -0.4 is 0 Å². The van der Waals surface area contributed by atoms with Crippen LogP contribution in [-0.4, -0.2) is 35.0 Å². The molecule has 2 N–H and O–H groups in total. The zero-order chi connectivity index (χ0) is 15.2. The van der Waals surface area contributed by atoms with Gasteiger partial charge in [0, 0.05) is 6.42 Å². The molecule has 1 saturated carbocycles. The minimum Gasteiger partial charge on any atom is -0.466 e. The molecular weight excluding hydrogens is 268 g/mol. The Kier molecular flexibility index (Phi) is 5.76. The monoisotopic (exact) mass is 292 g/mol. The molecule has 0 amide bonds. The molecule has 1 aliphatic carbocycles. The van der Waals surface area contributed by atoms with E-state index in [1.54, 1.807) is 6.92 Å². The van der Waals surface area contributed by atoms with Crippen LogP contribution in [0.3, 0.4) is 0 Å². The lowest BCUT2D eigenvalue weighted by molar-refractivity contribution is -0.160. The number of ether oxygens (including phenoxy) is 1. The molecule has 1 aromatic rings. The van der Waals surface area contributed by atoms with Gasteiger partial charge in [-0.05, 0) is 37.7 Å². The highest BCUT2D eigenvalue weighted by atomic mass is 16.5. The van der Waals surface area contributed by atoms with Crippen molar-refractivity contribution in [2.24, 2.45) is 11.8 Å². The summed E-state index contributed by atoms with van der Waals surface area (Å²) in [5, 5.41) is 20.0. The van der Waals surface area contributed by atoms with Crippen LogP contribution in [0.4, 0.5) is 0 Å². The minimum atomic E-state index is -0.812. The highest BCUT2D eigenvalue weighted by Gasteiger charge is 2.41. The van der Waals surface area contributed by atoms with Gasteiger partial charge in [0.2, 0.25) is 0 Å². The van der Waals surface area contributed by atoms with Gasteiger partial charge in [0.25, 0.3) is 0 Å². The molecule has 21 heavy (non-hydrogen) atoms. The Bertz CT molecular complexity index is 445. The quantitative estimate of drug-likeness (QED) is 0.814. The Morgan fingerprint density at radius 2 is 1.95 bits per heavy atom. The van der Waals surface area contributed by atoms with Crippen LogP contribution in [-0.2, 0) is 16.0 Å². The van der Waals surface area contributed by atoms with Gasteiger partial charge in [-0.15, -0.1) is 0 Å². The standard InChI is InChI=1S/C17H24O4/c1-2-21-17(20)16-13(10-14(18)11-15(16)19)9-8-12-6-4-3-5-7-12/h3-7,13-16,18-19H,2,8-11H2,1H3. The number of benzene rings is 1. The normalized spacial score (nSPS) is 29.1. The van der Waals surface area contributed by atoms with E-state index < -0.39 is 18.1 Å². The molecule has 0 aromatic heterocycles. The van der Waals surface area contributed by atoms with Crippen molar-refractivity contribution < 1.29 is 19.7 Å². The topological polar surface area (TPSA) is 66.8 Å². The number of carbonyl (C=O) groups is 1.